The fourth-order valence-electron chi connectivity index (χ4n) is 1.76. The second-order valence-electron chi connectivity index (χ2n) is 4.40. The Morgan fingerprint density at radius 3 is 2.83 bits per heavy atom. The van der Waals surface area contributed by atoms with Gasteiger partial charge in [-0.3, -0.25) is 4.79 Å². The highest BCUT2D eigenvalue weighted by Crippen LogP contribution is 2.12. The summed E-state index contributed by atoms with van der Waals surface area (Å²) in [7, 11) is 0. The Bertz CT molecular complexity index is 409. The van der Waals surface area contributed by atoms with E-state index in [4.69, 9.17) is 11.6 Å². The van der Waals surface area contributed by atoms with Crippen LogP contribution in [0.2, 0.25) is 0 Å². The van der Waals surface area contributed by atoms with Gasteiger partial charge in [0.25, 0.3) is 5.91 Å². The van der Waals surface area contributed by atoms with Gasteiger partial charge in [-0.1, -0.05) is 25.5 Å². The Morgan fingerprint density at radius 1 is 1.50 bits per heavy atom. The van der Waals surface area contributed by atoms with Crippen LogP contribution in [0.3, 0.4) is 0 Å². The summed E-state index contributed by atoms with van der Waals surface area (Å²) < 4.78 is 13.7. The molecule has 0 bridgehead atoms. The Labute approximate surface area is 113 Å². The third-order valence-corrected chi connectivity index (χ3v) is 3.30. The Morgan fingerprint density at radius 2 is 2.22 bits per heavy atom. The maximum absolute atomic E-state index is 13.7. The first-order valence-corrected chi connectivity index (χ1v) is 6.72. The third-order valence-electron chi connectivity index (χ3n) is 3.08. The van der Waals surface area contributed by atoms with Crippen LogP contribution in [0, 0.1) is 18.7 Å². The maximum Gasteiger partial charge on any atom is 0.254 e. The molecule has 0 aliphatic heterocycles. The number of aryl methyl sites for hydroxylation is 1. The van der Waals surface area contributed by atoms with Gasteiger partial charge in [0.15, 0.2) is 0 Å². The van der Waals surface area contributed by atoms with Gasteiger partial charge in [0.05, 0.1) is 5.56 Å². The van der Waals surface area contributed by atoms with E-state index in [-0.39, 0.29) is 11.5 Å². The van der Waals surface area contributed by atoms with Crippen LogP contribution in [0.4, 0.5) is 4.39 Å². The number of benzene rings is 1. The molecule has 1 N–H and O–H groups in total. The highest BCUT2D eigenvalue weighted by molar-refractivity contribution is 6.17. The van der Waals surface area contributed by atoms with E-state index in [0.717, 1.165) is 12.8 Å². The standard InChI is InChI=1S/C14H19ClFNO/c1-3-11(7-8-15)9-17-14(18)12-6-4-5-10(2)13(12)16/h4-6,11H,3,7-9H2,1-2H3,(H,17,18). The molecule has 0 spiro atoms. The molecular formula is C14H19ClFNO. The van der Waals surface area contributed by atoms with Crippen LogP contribution in [-0.4, -0.2) is 18.3 Å². The van der Waals surface area contributed by atoms with E-state index in [2.05, 4.69) is 12.2 Å². The van der Waals surface area contributed by atoms with Gasteiger partial charge in [-0.15, -0.1) is 11.6 Å². The Kier molecular flexibility index (Phi) is 6.13. The Hall–Kier alpha value is -1.09. The van der Waals surface area contributed by atoms with Crippen LogP contribution >= 0.6 is 11.6 Å². The second kappa shape index (κ2) is 7.37. The molecular weight excluding hydrogens is 253 g/mol. The normalized spacial score (nSPS) is 12.2. The first kappa shape index (κ1) is 15.0. The molecule has 1 unspecified atom stereocenters. The highest BCUT2D eigenvalue weighted by atomic mass is 35.5. The minimum absolute atomic E-state index is 0.107. The number of hydrogen-bond donors (Lipinski definition) is 1. The Balaban J connectivity index is 2.62. The van der Waals surface area contributed by atoms with Crippen molar-refractivity contribution in [1.29, 1.82) is 0 Å². The van der Waals surface area contributed by atoms with Crippen molar-refractivity contribution in [2.45, 2.75) is 26.7 Å². The molecule has 0 aliphatic carbocycles. The zero-order valence-corrected chi connectivity index (χ0v) is 11.6. The van der Waals surface area contributed by atoms with E-state index in [1.54, 1.807) is 19.1 Å². The van der Waals surface area contributed by atoms with E-state index in [1.807, 2.05) is 0 Å². The predicted octanol–water partition coefficient (Wildman–Crippen LogP) is 3.52. The minimum atomic E-state index is -0.444. The van der Waals surface area contributed by atoms with E-state index in [9.17, 15) is 9.18 Å². The van der Waals surface area contributed by atoms with Crippen molar-refractivity contribution in [1.82, 2.24) is 5.32 Å². The van der Waals surface area contributed by atoms with E-state index >= 15 is 0 Å². The summed E-state index contributed by atoms with van der Waals surface area (Å²) in [6, 6.07) is 4.83. The maximum atomic E-state index is 13.7. The van der Waals surface area contributed by atoms with Gasteiger partial charge in [0.2, 0.25) is 0 Å². The molecule has 0 saturated carbocycles. The summed E-state index contributed by atoms with van der Waals surface area (Å²) in [6.07, 6.45) is 1.80. The molecule has 100 valence electrons. The van der Waals surface area contributed by atoms with Crippen LogP contribution in [0.5, 0.6) is 0 Å². The lowest BCUT2D eigenvalue weighted by atomic mass is 10.0. The molecule has 0 aliphatic rings. The molecule has 0 saturated heterocycles. The molecule has 1 rings (SSSR count). The van der Waals surface area contributed by atoms with Crippen LogP contribution in [0.15, 0.2) is 18.2 Å². The average Bonchev–Trinajstić information content (AvgIpc) is 2.37. The number of amides is 1. The van der Waals surface area contributed by atoms with E-state index in [1.165, 1.54) is 6.07 Å². The van der Waals surface area contributed by atoms with Crippen molar-refractivity contribution in [3.8, 4) is 0 Å². The first-order valence-electron chi connectivity index (χ1n) is 6.19. The first-order chi connectivity index (χ1) is 8.60. The van der Waals surface area contributed by atoms with Crippen molar-refractivity contribution in [3.05, 3.63) is 35.1 Å². The highest BCUT2D eigenvalue weighted by Gasteiger charge is 2.14. The fraction of sp³-hybridized carbons (Fsp3) is 0.500. The number of carbonyl (C=O) groups is 1. The lowest BCUT2D eigenvalue weighted by molar-refractivity contribution is 0.0942. The van der Waals surface area contributed by atoms with Gasteiger partial charge in [0.1, 0.15) is 5.82 Å². The molecule has 1 aromatic carbocycles. The lowest BCUT2D eigenvalue weighted by Crippen LogP contribution is -2.30. The van der Waals surface area contributed by atoms with Crippen molar-refractivity contribution in [3.63, 3.8) is 0 Å². The van der Waals surface area contributed by atoms with Crippen LogP contribution in [0.1, 0.15) is 35.7 Å². The number of halogens is 2. The molecule has 0 aromatic heterocycles. The van der Waals surface area contributed by atoms with Crippen molar-refractivity contribution >= 4 is 17.5 Å². The molecule has 4 heteroatoms. The molecule has 0 heterocycles. The van der Waals surface area contributed by atoms with Gasteiger partial charge < -0.3 is 5.32 Å². The SMILES string of the molecule is CCC(CCCl)CNC(=O)c1cccc(C)c1F. The molecule has 0 fully saturated rings. The lowest BCUT2D eigenvalue weighted by Gasteiger charge is -2.14. The van der Waals surface area contributed by atoms with Gasteiger partial charge in [-0.25, -0.2) is 4.39 Å². The number of carbonyl (C=O) groups excluding carboxylic acids is 1. The number of hydrogen-bond acceptors (Lipinski definition) is 1. The van der Waals surface area contributed by atoms with E-state index < -0.39 is 5.82 Å². The molecule has 18 heavy (non-hydrogen) atoms. The monoisotopic (exact) mass is 271 g/mol. The summed E-state index contributed by atoms with van der Waals surface area (Å²) in [4.78, 5) is 11.9. The van der Waals surface area contributed by atoms with Crippen LogP contribution in [0.25, 0.3) is 0 Å². The molecule has 1 atom stereocenters. The summed E-state index contributed by atoms with van der Waals surface area (Å²) in [6.45, 7) is 4.24. The molecule has 1 amide bonds. The zero-order valence-electron chi connectivity index (χ0n) is 10.8. The largest absolute Gasteiger partial charge is 0.352 e. The van der Waals surface area contributed by atoms with Crippen molar-refractivity contribution in [2.75, 3.05) is 12.4 Å². The quantitative estimate of drug-likeness (QED) is 0.788. The fourth-order valence-corrected chi connectivity index (χ4v) is 2.07. The summed E-state index contributed by atoms with van der Waals surface area (Å²) in [5.74, 6) is 0.122. The van der Waals surface area contributed by atoms with Crippen molar-refractivity contribution < 1.29 is 9.18 Å². The third kappa shape index (κ3) is 3.98. The molecule has 1 aromatic rings. The predicted molar refractivity (Wildman–Crippen MR) is 72.6 cm³/mol. The van der Waals surface area contributed by atoms with Gasteiger partial charge in [-0.05, 0) is 30.9 Å². The summed E-state index contributed by atoms with van der Waals surface area (Å²) in [5.41, 5.74) is 0.589. The smallest absolute Gasteiger partial charge is 0.254 e. The van der Waals surface area contributed by atoms with E-state index in [0.29, 0.717) is 23.9 Å². The van der Waals surface area contributed by atoms with Gasteiger partial charge >= 0.3 is 0 Å². The number of nitrogens with one attached hydrogen (secondary N) is 1. The van der Waals surface area contributed by atoms with Gasteiger partial charge in [-0.2, -0.15) is 0 Å². The number of rotatable bonds is 6. The summed E-state index contributed by atoms with van der Waals surface area (Å²) in [5, 5.41) is 2.77. The second-order valence-corrected chi connectivity index (χ2v) is 4.78. The van der Waals surface area contributed by atoms with Crippen LogP contribution in [-0.2, 0) is 0 Å². The van der Waals surface area contributed by atoms with Crippen molar-refractivity contribution in [2.24, 2.45) is 5.92 Å². The topological polar surface area (TPSA) is 29.1 Å². The summed E-state index contributed by atoms with van der Waals surface area (Å²) >= 11 is 5.68. The average molecular weight is 272 g/mol. The zero-order chi connectivity index (χ0) is 13.5. The number of alkyl halides is 1. The van der Waals surface area contributed by atoms with Gasteiger partial charge in [0, 0.05) is 12.4 Å². The molecule has 0 radical (unpaired) electrons. The molecule has 2 nitrogen and oxygen atoms in total. The van der Waals surface area contributed by atoms with Crippen LogP contribution < -0.4 is 5.32 Å². The minimum Gasteiger partial charge on any atom is -0.352 e.